The molecule has 0 aromatic heterocycles. The second-order valence-corrected chi connectivity index (χ2v) is 4.49. The van der Waals surface area contributed by atoms with Crippen LogP contribution in [0.4, 0.5) is 0 Å². The number of nitrogens with zero attached hydrogens (tertiary/aromatic N) is 1. The van der Waals surface area contributed by atoms with Crippen LogP contribution in [0.5, 0.6) is 0 Å². The monoisotopic (exact) mass is 205 g/mol. The maximum atomic E-state index is 8.79. The molecule has 0 saturated carbocycles. The van der Waals surface area contributed by atoms with E-state index in [0.29, 0.717) is 0 Å². The molecular formula is C13H19NO. The average molecular weight is 205 g/mol. The fraction of sp³-hybridized carbons (Fsp3) is 0.538. The first-order chi connectivity index (χ1) is 7.29. The minimum absolute atomic E-state index is 0.288. The molecule has 1 saturated heterocycles. The molecule has 1 heterocycles. The zero-order valence-corrected chi connectivity index (χ0v) is 9.32. The molecule has 1 N–H and O–H groups in total. The van der Waals surface area contributed by atoms with Gasteiger partial charge < -0.3 is 10.0 Å². The lowest BCUT2D eigenvalue weighted by Gasteiger charge is -2.36. The van der Waals surface area contributed by atoms with Crippen molar-refractivity contribution in [3.05, 3.63) is 35.4 Å². The smallest absolute Gasteiger partial charge is 0.0434 e. The number of benzene rings is 1. The van der Waals surface area contributed by atoms with Gasteiger partial charge in [0.15, 0.2) is 0 Å². The van der Waals surface area contributed by atoms with E-state index < -0.39 is 0 Å². The largest absolute Gasteiger partial charge is 0.396 e. The molecular weight excluding hydrogens is 186 g/mol. The Labute approximate surface area is 91.5 Å². The van der Waals surface area contributed by atoms with E-state index in [1.54, 1.807) is 0 Å². The molecule has 1 aliphatic rings. The molecule has 0 bridgehead atoms. The molecule has 1 aliphatic heterocycles. The van der Waals surface area contributed by atoms with Crippen molar-refractivity contribution in [2.24, 2.45) is 0 Å². The van der Waals surface area contributed by atoms with Gasteiger partial charge in [0.25, 0.3) is 0 Å². The summed E-state index contributed by atoms with van der Waals surface area (Å²) in [6.45, 7) is 2.66. The van der Waals surface area contributed by atoms with Crippen LogP contribution < -0.4 is 0 Å². The van der Waals surface area contributed by atoms with Crippen LogP contribution in [0.15, 0.2) is 24.3 Å². The Morgan fingerprint density at radius 1 is 1.40 bits per heavy atom. The number of aliphatic hydroxyl groups is 1. The lowest BCUT2D eigenvalue weighted by molar-refractivity contribution is 0.189. The highest BCUT2D eigenvalue weighted by Gasteiger charge is 2.24. The second-order valence-electron chi connectivity index (χ2n) is 4.49. The highest BCUT2D eigenvalue weighted by atomic mass is 16.2. The summed E-state index contributed by atoms with van der Waals surface area (Å²) in [5, 5.41) is 8.79. The third-order valence-electron chi connectivity index (χ3n) is 3.11. The molecule has 2 rings (SSSR count). The van der Waals surface area contributed by atoms with Crippen molar-refractivity contribution < 1.29 is 5.11 Å². The van der Waals surface area contributed by atoms with E-state index in [9.17, 15) is 0 Å². The van der Waals surface area contributed by atoms with Gasteiger partial charge in [-0.25, -0.2) is 0 Å². The lowest BCUT2D eigenvalue weighted by Crippen LogP contribution is -2.41. The van der Waals surface area contributed by atoms with Crippen LogP contribution in [-0.2, 0) is 6.42 Å². The highest BCUT2D eigenvalue weighted by Crippen LogP contribution is 2.26. The van der Waals surface area contributed by atoms with Gasteiger partial charge in [-0.1, -0.05) is 24.3 Å². The maximum Gasteiger partial charge on any atom is 0.0434 e. The van der Waals surface area contributed by atoms with Crippen molar-refractivity contribution in [1.82, 2.24) is 4.90 Å². The first-order valence-corrected chi connectivity index (χ1v) is 5.68. The molecule has 0 amide bonds. The zero-order chi connectivity index (χ0) is 10.7. The van der Waals surface area contributed by atoms with E-state index in [1.807, 2.05) is 0 Å². The summed E-state index contributed by atoms with van der Waals surface area (Å²) in [7, 11) is 2.16. The number of rotatable bonds is 4. The summed E-state index contributed by atoms with van der Waals surface area (Å²) < 4.78 is 0. The van der Waals surface area contributed by atoms with Crippen LogP contribution in [0.1, 0.15) is 23.5 Å². The molecule has 1 aromatic carbocycles. The summed E-state index contributed by atoms with van der Waals surface area (Å²) in [5.41, 5.74) is 2.82. The van der Waals surface area contributed by atoms with E-state index in [1.165, 1.54) is 24.2 Å². The van der Waals surface area contributed by atoms with E-state index in [2.05, 4.69) is 36.2 Å². The maximum absolute atomic E-state index is 8.79. The fourth-order valence-corrected chi connectivity index (χ4v) is 2.20. The first kappa shape index (κ1) is 10.7. The van der Waals surface area contributed by atoms with Gasteiger partial charge in [0.1, 0.15) is 0 Å². The van der Waals surface area contributed by atoms with E-state index in [-0.39, 0.29) is 6.61 Å². The van der Waals surface area contributed by atoms with Gasteiger partial charge in [-0.3, -0.25) is 0 Å². The second kappa shape index (κ2) is 4.77. The standard InChI is InChI=1S/C13H19NO/c1-14-9-13(10-14)12-6-2-4-11(8-12)5-3-7-15/h2,4,6,8,13,15H,3,5,7,9-10H2,1H3. The van der Waals surface area contributed by atoms with Crippen LogP contribution in [-0.4, -0.2) is 36.8 Å². The van der Waals surface area contributed by atoms with Crippen LogP contribution >= 0.6 is 0 Å². The molecule has 15 heavy (non-hydrogen) atoms. The summed E-state index contributed by atoms with van der Waals surface area (Å²) >= 11 is 0. The number of likely N-dealkylation sites (N-methyl/N-ethyl adjacent to an activating group) is 1. The van der Waals surface area contributed by atoms with Gasteiger partial charge in [-0.15, -0.1) is 0 Å². The SMILES string of the molecule is CN1CC(c2cccc(CCCO)c2)C1. The molecule has 0 spiro atoms. The van der Waals surface area contributed by atoms with Crippen LogP contribution in [0.2, 0.25) is 0 Å². The average Bonchev–Trinajstić information content (AvgIpc) is 2.22. The highest BCUT2D eigenvalue weighted by molar-refractivity contribution is 5.28. The molecule has 0 aliphatic carbocycles. The third kappa shape index (κ3) is 2.58. The van der Waals surface area contributed by atoms with Gasteiger partial charge in [0.05, 0.1) is 0 Å². The Morgan fingerprint density at radius 2 is 2.20 bits per heavy atom. The predicted molar refractivity (Wildman–Crippen MR) is 62.1 cm³/mol. The molecule has 2 nitrogen and oxygen atoms in total. The Hall–Kier alpha value is -0.860. The number of aryl methyl sites for hydroxylation is 1. The van der Waals surface area contributed by atoms with E-state index in [0.717, 1.165) is 18.8 Å². The number of aliphatic hydroxyl groups excluding tert-OH is 1. The Morgan fingerprint density at radius 3 is 2.87 bits per heavy atom. The van der Waals surface area contributed by atoms with Gasteiger partial charge in [-0.2, -0.15) is 0 Å². The molecule has 1 aromatic rings. The van der Waals surface area contributed by atoms with Gasteiger partial charge >= 0.3 is 0 Å². The fourth-order valence-electron chi connectivity index (χ4n) is 2.20. The quantitative estimate of drug-likeness (QED) is 0.807. The molecule has 2 heteroatoms. The number of hydrogen-bond acceptors (Lipinski definition) is 2. The van der Waals surface area contributed by atoms with E-state index >= 15 is 0 Å². The summed E-state index contributed by atoms with van der Waals surface area (Å²) in [6, 6.07) is 8.81. The van der Waals surface area contributed by atoms with Crippen molar-refractivity contribution in [1.29, 1.82) is 0 Å². The van der Waals surface area contributed by atoms with Crippen molar-refractivity contribution in [2.75, 3.05) is 26.7 Å². The van der Waals surface area contributed by atoms with Gasteiger partial charge in [0, 0.05) is 25.6 Å². The lowest BCUT2D eigenvalue weighted by atomic mass is 9.90. The summed E-state index contributed by atoms with van der Waals surface area (Å²) in [4.78, 5) is 2.34. The Bertz CT molecular complexity index is 318. The van der Waals surface area contributed by atoms with Crippen molar-refractivity contribution >= 4 is 0 Å². The van der Waals surface area contributed by atoms with Crippen LogP contribution in [0, 0.1) is 0 Å². The third-order valence-corrected chi connectivity index (χ3v) is 3.11. The zero-order valence-electron chi connectivity index (χ0n) is 9.32. The predicted octanol–water partition coefficient (Wildman–Crippen LogP) is 1.64. The van der Waals surface area contributed by atoms with Crippen molar-refractivity contribution in [3.63, 3.8) is 0 Å². The van der Waals surface area contributed by atoms with Crippen molar-refractivity contribution in [3.8, 4) is 0 Å². The Balaban J connectivity index is 1.99. The molecule has 0 unspecified atom stereocenters. The molecule has 82 valence electrons. The summed E-state index contributed by atoms with van der Waals surface area (Å²) in [6.07, 6.45) is 1.86. The van der Waals surface area contributed by atoms with Crippen LogP contribution in [0.3, 0.4) is 0 Å². The van der Waals surface area contributed by atoms with Crippen molar-refractivity contribution in [2.45, 2.75) is 18.8 Å². The van der Waals surface area contributed by atoms with Gasteiger partial charge in [-0.05, 0) is 31.0 Å². The number of likely N-dealkylation sites (tertiary alicyclic amines) is 1. The van der Waals surface area contributed by atoms with Gasteiger partial charge in [0.2, 0.25) is 0 Å². The molecule has 0 atom stereocenters. The summed E-state index contributed by atoms with van der Waals surface area (Å²) in [5.74, 6) is 0.726. The Kier molecular flexibility index (Phi) is 3.39. The van der Waals surface area contributed by atoms with Crippen LogP contribution in [0.25, 0.3) is 0 Å². The minimum Gasteiger partial charge on any atom is -0.396 e. The molecule has 1 fully saturated rings. The minimum atomic E-state index is 0.288. The molecule has 0 radical (unpaired) electrons. The first-order valence-electron chi connectivity index (χ1n) is 5.68. The van der Waals surface area contributed by atoms with E-state index in [4.69, 9.17) is 5.11 Å². The topological polar surface area (TPSA) is 23.5 Å². The normalized spacial score (nSPS) is 17.7. The number of hydrogen-bond donors (Lipinski definition) is 1.